The molecule has 1 atom stereocenters. The number of aromatic nitrogens is 3. The Morgan fingerprint density at radius 2 is 2.03 bits per heavy atom. The molecule has 2 aromatic rings. The second kappa shape index (κ2) is 11.3. The summed E-state index contributed by atoms with van der Waals surface area (Å²) in [5.41, 5.74) is 10.4. The number of anilines is 1. The number of rotatable bonds is 9. The smallest absolute Gasteiger partial charge is 0.133 e. The van der Waals surface area contributed by atoms with Gasteiger partial charge in [0, 0.05) is 46.6 Å². The van der Waals surface area contributed by atoms with Crippen molar-refractivity contribution in [1.82, 2.24) is 25.0 Å². The number of alkyl halides is 1. The maximum Gasteiger partial charge on any atom is 0.133 e. The van der Waals surface area contributed by atoms with Gasteiger partial charge in [0.25, 0.3) is 0 Å². The van der Waals surface area contributed by atoms with E-state index in [0.29, 0.717) is 52.6 Å². The van der Waals surface area contributed by atoms with E-state index in [4.69, 9.17) is 5.73 Å². The Labute approximate surface area is 219 Å². The van der Waals surface area contributed by atoms with Crippen molar-refractivity contribution in [2.24, 2.45) is 0 Å². The van der Waals surface area contributed by atoms with Crippen molar-refractivity contribution in [2.75, 3.05) is 25.9 Å². The minimum Gasteiger partial charge on any atom is -0.384 e. The highest BCUT2D eigenvalue weighted by Crippen LogP contribution is 2.30. The lowest BCUT2D eigenvalue weighted by Gasteiger charge is -2.26. The number of pyridine rings is 1. The highest BCUT2D eigenvalue weighted by Gasteiger charge is 2.21. The van der Waals surface area contributed by atoms with Gasteiger partial charge in [-0.05, 0) is 53.3 Å². The molecule has 8 heteroatoms. The first-order valence-electron chi connectivity index (χ1n) is 12.4. The van der Waals surface area contributed by atoms with Gasteiger partial charge in [0.2, 0.25) is 0 Å². The summed E-state index contributed by atoms with van der Waals surface area (Å²) in [6.07, 6.45) is 6.91. The van der Waals surface area contributed by atoms with Crippen LogP contribution in [-0.2, 0) is 12.0 Å². The first-order chi connectivity index (χ1) is 17.3. The molecule has 37 heavy (non-hydrogen) atoms. The molecule has 1 unspecified atom stereocenters. The van der Waals surface area contributed by atoms with Crippen LogP contribution in [0.25, 0.3) is 23.4 Å². The second-order valence-corrected chi connectivity index (χ2v) is 10.4. The van der Waals surface area contributed by atoms with Crippen LogP contribution < -0.4 is 11.1 Å². The maximum atomic E-state index is 14.6. The molecule has 0 aliphatic carbocycles. The average Bonchev–Trinajstić information content (AvgIpc) is 3.20. The predicted molar refractivity (Wildman–Crippen MR) is 151 cm³/mol. The second-order valence-electron chi connectivity index (χ2n) is 10.4. The lowest BCUT2D eigenvalue weighted by molar-refractivity contribution is 0.309. The van der Waals surface area contributed by atoms with Crippen LogP contribution in [0.4, 0.5) is 14.6 Å². The molecule has 0 saturated heterocycles. The zero-order chi connectivity index (χ0) is 27.5. The number of nitrogen functional groups attached to an aromatic ring is 1. The average molecular weight is 509 g/mol. The van der Waals surface area contributed by atoms with E-state index in [1.54, 1.807) is 17.0 Å². The molecule has 0 aromatic carbocycles. The van der Waals surface area contributed by atoms with Crippen LogP contribution >= 0.6 is 0 Å². The van der Waals surface area contributed by atoms with Crippen molar-refractivity contribution < 1.29 is 8.78 Å². The summed E-state index contributed by atoms with van der Waals surface area (Å²) in [5.74, 6) is 0.388. The van der Waals surface area contributed by atoms with Gasteiger partial charge < -0.3 is 11.1 Å². The normalized spacial score (nSPS) is 15.8. The van der Waals surface area contributed by atoms with Crippen molar-refractivity contribution in [2.45, 2.75) is 52.2 Å². The van der Waals surface area contributed by atoms with Gasteiger partial charge in [-0.2, -0.15) is 5.10 Å². The molecule has 6 nitrogen and oxygen atoms in total. The lowest BCUT2D eigenvalue weighted by atomic mass is 9.96. The quantitative estimate of drug-likeness (QED) is 0.437. The van der Waals surface area contributed by atoms with Crippen LogP contribution in [0.3, 0.4) is 0 Å². The van der Waals surface area contributed by atoms with E-state index < -0.39 is 6.17 Å². The van der Waals surface area contributed by atoms with Gasteiger partial charge in [-0.3, -0.25) is 4.90 Å². The van der Waals surface area contributed by atoms with Crippen LogP contribution in [0, 0.1) is 0 Å². The van der Waals surface area contributed by atoms with Crippen LogP contribution in [0.2, 0.25) is 0 Å². The minimum absolute atomic E-state index is 0.223. The maximum absolute atomic E-state index is 14.6. The topological polar surface area (TPSA) is 72.0 Å². The van der Waals surface area contributed by atoms with Gasteiger partial charge in [0.1, 0.15) is 17.8 Å². The Hall–Kier alpha value is -3.52. The number of nitrogens with one attached hydrogen (secondary N) is 1. The van der Waals surface area contributed by atoms with E-state index in [2.05, 4.69) is 35.1 Å². The van der Waals surface area contributed by atoms with Crippen molar-refractivity contribution in [3.63, 3.8) is 0 Å². The van der Waals surface area contributed by atoms with E-state index in [9.17, 15) is 8.78 Å². The van der Waals surface area contributed by atoms with Crippen LogP contribution in [0.5, 0.6) is 0 Å². The number of nitrogens with two attached hydrogens (primary N) is 1. The molecule has 0 saturated carbocycles. The molecule has 3 heterocycles. The Morgan fingerprint density at radius 1 is 1.32 bits per heavy atom. The molecule has 2 aromatic heterocycles. The molecule has 0 fully saturated rings. The fraction of sp³-hybridized carbons (Fsp3) is 0.379. The van der Waals surface area contributed by atoms with Gasteiger partial charge >= 0.3 is 0 Å². The monoisotopic (exact) mass is 508 g/mol. The Bertz CT molecular complexity index is 1260. The standard InChI is InChI=1S/C29H38F2N6/c1-9-23-24(20(4)34-26-13-14-36(8)17-25(26)31)15-22(35-27(23)18(2)19(3)30)12-10-11-21-16-33-37(28(21)32)29(5,6)7/h9-10,12,15-16,19,34H,1-2,4,11,13-14,17,32H2,3,5-8H3/b12-10+. The van der Waals surface area contributed by atoms with Gasteiger partial charge in [-0.15, -0.1) is 0 Å². The Kier molecular flexibility index (Phi) is 8.53. The first kappa shape index (κ1) is 28.1. The fourth-order valence-corrected chi connectivity index (χ4v) is 4.17. The van der Waals surface area contributed by atoms with Crippen molar-refractivity contribution >= 4 is 29.2 Å². The number of nitrogens with zero attached hydrogens (tertiary/aromatic N) is 4. The summed E-state index contributed by atoms with van der Waals surface area (Å²) in [6.45, 7) is 20.5. The number of hydrogen-bond acceptors (Lipinski definition) is 5. The largest absolute Gasteiger partial charge is 0.384 e. The zero-order valence-corrected chi connectivity index (χ0v) is 22.5. The van der Waals surface area contributed by atoms with Gasteiger partial charge in [-0.1, -0.05) is 31.9 Å². The molecule has 0 spiro atoms. The van der Waals surface area contributed by atoms with E-state index >= 15 is 0 Å². The molecular weight excluding hydrogens is 470 g/mol. The summed E-state index contributed by atoms with van der Waals surface area (Å²) < 4.78 is 30.7. The molecule has 3 rings (SSSR count). The molecule has 1 aliphatic rings. The van der Waals surface area contributed by atoms with Gasteiger partial charge in [0.05, 0.1) is 29.7 Å². The van der Waals surface area contributed by atoms with Crippen LogP contribution in [0.1, 0.15) is 62.2 Å². The number of allylic oxidation sites excluding steroid dienone is 2. The van der Waals surface area contributed by atoms with Crippen molar-refractivity contribution in [3.05, 3.63) is 77.7 Å². The predicted octanol–water partition coefficient (Wildman–Crippen LogP) is 5.96. The fourth-order valence-electron chi connectivity index (χ4n) is 4.17. The molecule has 0 bridgehead atoms. The van der Waals surface area contributed by atoms with E-state index in [-0.39, 0.29) is 23.5 Å². The molecule has 198 valence electrons. The van der Waals surface area contributed by atoms with Crippen LogP contribution in [0.15, 0.2) is 49.6 Å². The van der Waals surface area contributed by atoms with Gasteiger partial charge in [-0.25, -0.2) is 18.4 Å². The van der Waals surface area contributed by atoms with Crippen LogP contribution in [-0.4, -0.2) is 46.0 Å². The third-order valence-electron chi connectivity index (χ3n) is 6.32. The highest BCUT2D eigenvalue weighted by molar-refractivity contribution is 5.82. The Morgan fingerprint density at radius 3 is 2.59 bits per heavy atom. The Balaban J connectivity index is 1.97. The van der Waals surface area contributed by atoms with E-state index in [1.165, 1.54) is 6.92 Å². The number of likely N-dealkylation sites (N-methyl/N-ethyl adjacent to an activating group) is 1. The molecule has 3 N–H and O–H groups in total. The third kappa shape index (κ3) is 6.43. The zero-order valence-electron chi connectivity index (χ0n) is 22.5. The summed E-state index contributed by atoms with van der Waals surface area (Å²) >= 11 is 0. The SMILES string of the molecule is C=Cc1c(C(=C)NC2=C(F)CN(C)CC2)cc(/C=C/Cc2cnn(C(C)(C)C)c2N)nc1C(=C)C(C)F. The summed E-state index contributed by atoms with van der Waals surface area (Å²) in [5, 5.41) is 7.56. The molecule has 1 aliphatic heterocycles. The summed E-state index contributed by atoms with van der Waals surface area (Å²) in [4.78, 5) is 6.58. The van der Waals surface area contributed by atoms with Crippen molar-refractivity contribution in [1.29, 1.82) is 0 Å². The molecule has 0 radical (unpaired) electrons. The highest BCUT2D eigenvalue weighted by atomic mass is 19.1. The first-order valence-corrected chi connectivity index (χ1v) is 12.4. The van der Waals surface area contributed by atoms with Crippen molar-refractivity contribution in [3.8, 4) is 0 Å². The number of halogens is 2. The lowest BCUT2D eigenvalue weighted by Crippen LogP contribution is -2.30. The van der Waals surface area contributed by atoms with E-state index in [1.807, 2.05) is 50.9 Å². The summed E-state index contributed by atoms with van der Waals surface area (Å²) in [6, 6.07) is 1.83. The van der Waals surface area contributed by atoms with Gasteiger partial charge in [0.15, 0.2) is 0 Å². The summed E-state index contributed by atoms with van der Waals surface area (Å²) in [7, 11) is 1.88. The molecule has 0 amide bonds. The number of hydrogen-bond donors (Lipinski definition) is 2. The molecular formula is C29H38F2N6. The van der Waals surface area contributed by atoms with E-state index in [0.717, 1.165) is 12.1 Å². The minimum atomic E-state index is -1.31. The third-order valence-corrected chi connectivity index (χ3v) is 6.32.